The Morgan fingerprint density at radius 3 is 1.83 bits per heavy atom. The average molecular weight is 745 g/mol. The Hall–Kier alpha value is -3.50. The predicted octanol–water partition coefficient (Wildman–Crippen LogP) is -3.12. The van der Waals surface area contributed by atoms with Crippen LogP contribution >= 0.6 is 0 Å². The molecular weight excluding hydrogens is 692 g/mol. The van der Waals surface area contributed by atoms with Crippen LogP contribution < -0.4 is 21.3 Å². The number of aliphatic hydroxyl groups excluding tert-OH is 6. The number of alkyl carbamates (subject to hydrolysis) is 1. The zero-order chi connectivity index (χ0) is 38.2. The standard InChI is InChI=1S/C33H52N4O15/c1-18-24(40)26(42)28(44)31(51-18)48-15-12-34-22(38)11-10-21(30(46)35-13-16-49-32-29(45)27(43)25(41)19(2)52-32)37-23(39)9-6-14-50-33(47)36-17-20-7-4-3-5-8-20/h3-5,7-8,18-19,21,24-29,31-32,40-45H,6,9-17H2,1-2H3,(H,34,38)(H,35,46)(H,36,47)(H,37,39)/t18-,19-,21-,24+,25+,26+,27+,28-,29-,31+,32+/m0/s1. The summed E-state index contributed by atoms with van der Waals surface area (Å²) in [6.07, 6.45) is -13.6. The van der Waals surface area contributed by atoms with Crippen LogP contribution in [0.3, 0.4) is 0 Å². The van der Waals surface area contributed by atoms with Crippen molar-refractivity contribution in [3.8, 4) is 0 Å². The molecule has 0 bridgehead atoms. The zero-order valence-electron chi connectivity index (χ0n) is 29.2. The molecule has 10 N–H and O–H groups in total. The van der Waals surface area contributed by atoms with Crippen LogP contribution in [0.5, 0.6) is 0 Å². The number of aliphatic hydroxyl groups is 6. The van der Waals surface area contributed by atoms with E-state index in [0.717, 1.165) is 5.56 Å². The van der Waals surface area contributed by atoms with Gasteiger partial charge in [-0.15, -0.1) is 0 Å². The van der Waals surface area contributed by atoms with Crippen molar-refractivity contribution in [2.24, 2.45) is 0 Å². The van der Waals surface area contributed by atoms with Gasteiger partial charge < -0.3 is 75.6 Å². The molecule has 1 aromatic carbocycles. The van der Waals surface area contributed by atoms with Gasteiger partial charge in [0, 0.05) is 32.5 Å². The van der Waals surface area contributed by atoms with Gasteiger partial charge in [-0.25, -0.2) is 4.79 Å². The number of amides is 4. The maximum absolute atomic E-state index is 13.1. The average Bonchev–Trinajstić information content (AvgIpc) is 3.13. The van der Waals surface area contributed by atoms with Gasteiger partial charge in [0.05, 0.1) is 32.0 Å². The third-order valence-electron chi connectivity index (χ3n) is 8.38. The molecule has 19 nitrogen and oxygen atoms in total. The molecule has 294 valence electrons. The van der Waals surface area contributed by atoms with E-state index in [-0.39, 0.29) is 65.1 Å². The Kier molecular flexibility index (Phi) is 18.1. The smallest absolute Gasteiger partial charge is 0.407 e. The SMILES string of the molecule is C[C@@H]1O[C@@H](OCCNC(=O)CC[C@H](NC(=O)CCCOC(=O)NCc2ccccc2)C(=O)NCCO[C@@H]2O[C@@H](C)[C@@H](O)[C@@H](O)[C@@H]2O)[C@@H](O)[C@H](O)[C@@H]1O. The Bertz CT molecular complexity index is 1260. The van der Waals surface area contributed by atoms with E-state index in [9.17, 15) is 49.8 Å². The van der Waals surface area contributed by atoms with E-state index in [4.69, 9.17) is 23.7 Å². The molecule has 2 fully saturated rings. The van der Waals surface area contributed by atoms with Gasteiger partial charge in [0.1, 0.15) is 42.7 Å². The number of hydrogen-bond acceptors (Lipinski definition) is 15. The highest BCUT2D eigenvalue weighted by atomic mass is 16.7. The van der Waals surface area contributed by atoms with Crippen LogP contribution in [0, 0.1) is 0 Å². The molecule has 0 radical (unpaired) electrons. The molecule has 1 aromatic rings. The number of carbonyl (C=O) groups is 4. The fourth-order valence-corrected chi connectivity index (χ4v) is 5.26. The maximum atomic E-state index is 13.1. The number of carbonyl (C=O) groups excluding carboxylic acids is 4. The topological polar surface area (TPSA) is 284 Å². The van der Waals surface area contributed by atoms with Gasteiger partial charge in [-0.05, 0) is 32.3 Å². The van der Waals surface area contributed by atoms with Crippen molar-refractivity contribution < 1.29 is 73.5 Å². The van der Waals surface area contributed by atoms with Gasteiger partial charge in [0.25, 0.3) is 0 Å². The lowest BCUT2D eigenvalue weighted by Gasteiger charge is -2.38. The first kappa shape index (κ1) is 42.9. The normalized spacial score (nSPS) is 29.4. The summed E-state index contributed by atoms with van der Waals surface area (Å²) in [6.45, 7) is 2.82. The second-order valence-electron chi connectivity index (χ2n) is 12.5. The zero-order valence-corrected chi connectivity index (χ0v) is 29.2. The highest BCUT2D eigenvalue weighted by Gasteiger charge is 2.43. The number of hydrogen-bond donors (Lipinski definition) is 10. The van der Waals surface area contributed by atoms with Gasteiger partial charge in [0.2, 0.25) is 17.7 Å². The molecule has 3 rings (SSSR count). The summed E-state index contributed by atoms with van der Waals surface area (Å²) in [5.41, 5.74) is 0.885. The molecule has 4 amide bonds. The van der Waals surface area contributed by atoms with Crippen LogP contribution in [0.2, 0.25) is 0 Å². The van der Waals surface area contributed by atoms with Gasteiger partial charge in [-0.3, -0.25) is 14.4 Å². The molecule has 0 aliphatic carbocycles. The van der Waals surface area contributed by atoms with E-state index in [1.807, 2.05) is 30.3 Å². The minimum atomic E-state index is -1.53. The number of rotatable bonds is 19. The van der Waals surface area contributed by atoms with E-state index >= 15 is 0 Å². The summed E-state index contributed by atoms with van der Waals surface area (Å²) in [4.78, 5) is 50.3. The molecule has 0 aromatic heterocycles. The first-order valence-electron chi connectivity index (χ1n) is 17.2. The summed E-state index contributed by atoms with van der Waals surface area (Å²) in [7, 11) is 0. The van der Waals surface area contributed by atoms with Crippen molar-refractivity contribution in [1.82, 2.24) is 21.3 Å². The van der Waals surface area contributed by atoms with Gasteiger partial charge in [-0.2, -0.15) is 0 Å². The second kappa shape index (κ2) is 21.9. The van der Waals surface area contributed by atoms with Crippen molar-refractivity contribution in [2.45, 2.75) is 114 Å². The minimum Gasteiger partial charge on any atom is -0.450 e. The molecule has 2 heterocycles. The van der Waals surface area contributed by atoms with Crippen molar-refractivity contribution in [1.29, 1.82) is 0 Å². The molecule has 19 heteroatoms. The highest BCUT2D eigenvalue weighted by molar-refractivity contribution is 5.88. The summed E-state index contributed by atoms with van der Waals surface area (Å²) in [6, 6.07) is 8.06. The van der Waals surface area contributed by atoms with Crippen LogP contribution in [0.1, 0.15) is 45.1 Å². The summed E-state index contributed by atoms with van der Waals surface area (Å²) in [5, 5.41) is 70.0. The van der Waals surface area contributed by atoms with Crippen LogP contribution in [-0.4, -0.2) is 155 Å². The van der Waals surface area contributed by atoms with Crippen LogP contribution in [0.15, 0.2) is 30.3 Å². The molecule has 11 atom stereocenters. The maximum Gasteiger partial charge on any atom is 0.407 e. The van der Waals surface area contributed by atoms with Crippen LogP contribution in [-0.2, 0) is 44.6 Å². The van der Waals surface area contributed by atoms with Crippen LogP contribution in [0.25, 0.3) is 0 Å². The fourth-order valence-electron chi connectivity index (χ4n) is 5.26. The third-order valence-corrected chi connectivity index (χ3v) is 8.38. The highest BCUT2D eigenvalue weighted by Crippen LogP contribution is 2.22. The number of benzene rings is 1. The molecule has 0 unspecified atom stereocenters. The predicted molar refractivity (Wildman–Crippen MR) is 178 cm³/mol. The molecule has 52 heavy (non-hydrogen) atoms. The fraction of sp³-hybridized carbons (Fsp3) is 0.697. The first-order valence-corrected chi connectivity index (χ1v) is 17.2. The Morgan fingerprint density at radius 2 is 1.25 bits per heavy atom. The minimum absolute atomic E-state index is 0.0165. The van der Waals surface area contributed by atoms with E-state index < -0.39 is 91.3 Å². The molecule has 2 aliphatic rings. The van der Waals surface area contributed by atoms with Gasteiger partial charge >= 0.3 is 6.09 Å². The largest absolute Gasteiger partial charge is 0.450 e. The van der Waals surface area contributed by atoms with E-state index in [1.165, 1.54) is 13.8 Å². The van der Waals surface area contributed by atoms with Crippen molar-refractivity contribution in [2.75, 3.05) is 32.9 Å². The Labute approximate surface area is 300 Å². The van der Waals surface area contributed by atoms with E-state index in [1.54, 1.807) is 0 Å². The van der Waals surface area contributed by atoms with E-state index in [2.05, 4.69) is 21.3 Å². The first-order chi connectivity index (χ1) is 24.8. The molecule has 2 aliphatic heterocycles. The lowest BCUT2D eigenvalue weighted by Crippen LogP contribution is -2.57. The third kappa shape index (κ3) is 13.8. The van der Waals surface area contributed by atoms with Gasteiger partial charge in [-0.1, -0.05) is 30.3 Å². The number of nitrogens with one attached hydrogen (secondary N) is 4. The summed E-state index contributed by atoms with van der Waals surface area (Å²) >= 11 is 0. The van der Waals surface area contributed by atoms with Gasteiger partial charge in [0.15, 0.2) is 12.6 Å². The monoisotopic (exact) mass is 744 g/mol. The van der Waals surface area contributed by atoms with Crippen molar-refractivity contribution in [3.05, 3.63) is 35.9 Å². The lowest BCUT2D eigenvalue weighted by atomic mass is 10.0. The molecular formula is C33H52N4O15. The molecule has 0 spiro atoms. The van der Waals surface area contributed by atoms with Crippen molar-refractivity contribution in [3.63, 3.8) is 0 Å². The van der Waals surface area contributed by atoms with Crippen molar-refractivity contribution >= 4 is 23.8 Å². The summed E-state index contributed by atoms with van der Waals surface area (Å²) < 4.78 is 26.6. The number of ether oxygens (including phenoxy) is 5. The Morgan fingerprint density at radius 1 is 0.692 bits per heavy atom. The lowest BCUT2D eigenvalue weighted by molar-refractivity contribution is -0.292. The Balaban J connectivity index is 1.43. The molecule has 2 saturated heterocycles. The second-order valence-corrected chi connectivity index (χ2v) is 12.5. The van der Waals surface area contributed by atoms with E-state index in [0.29, 0.717) is 0 Å². The van der Waals surface area contributed by atoms with Crippen LogP contribution in [0.4, 0.5) is 4.79 Å². The quantitative estimate of drug-likeness (QED) is 0.0628. The molecule has 0 saturated carbocycles. The summed E-state index contributed by atoms with van der Waals surface area (Å²) in [5.74, 6) is -1.66.